The van der Waals surface area contributed by atoms with Crippen molar-refractivity contribution in [2.75, 3.05) is 12.0 Å². The molecule has 2 aromatic heterocycles. The summed E-state index contributed by atoms with van der Waals surface area (Å²) in [6.45, 7) is 5.51. The van der Waals surface area contributed by atoms with Gasteiger partial charge in [-0.3, -0.25) is 29.6 Å². The summed E-state index contributed by atoms with van der Waals surface area (Å²) in [6.07, 6.45) is 1.59. The van der Waals surface area contributed by atoms with E-state index in [1.807, 2.05) is 13.8 Å². The average Bonchev–Trinajstić information content (AvgIpc) is 2.62. The van der Waals surface area contributed by atoms with E-state index in [1.54, 1.807) is 19.2 Å². The molecule has 0 spiro atoms. The van der Waals surface area contributed by atoms with E-state index in [9.17, 15) is 19.7 Å². The third-order valence-corrected chi connectivity index (χ3v) is 4.70. The predicted octanol–water partition coefficient (Wildman–Crippen LogP) is 3.08. The van der Waals surface area contributed by atoms with Gasteiger partial charge in [-0.2, -0.15) is 4.98 Å². The van der Waals surface area contributed by atoms with Crippen LogP contribution >= 0.6 is 11.6 Å². The Morgan fingerprint density at radius 3 is 2.61 bits per heavy atom. The lowest BCUT2D eigenvalue weighted by Crippen LogP contribution is -2.50. The number of hydrogen-bond acceptors (Lipinski definition) is 7. The van der Waals surface area contributed by atoms with Gasteiger partial charge in [0.2, 0.25) is 11.7 Å². The highest BCUT2D eigenvalue weighted by atomic mass is 35.5. The van der Waals surface area contributed by atoms with Crippen molar-refractivity contribution in [3.63, 3.8) is 0 Å². The van der Waals surface area contributed by atoms with E-state index in [1.165, 1.54) is 13.2 Å². The Kier molecular flexibility index (Phi) is 5.03. The van der Waals surface area contributed by atoms with Gasteiger partial charge in [0.1, 0.15) is 5.02 Å². The van der Waals surface area contributed by atoms with Crippen LogP contribution in [0.15, 0.2) is 18.3 Å². The van der Waals surface area contributed by atoms with E-state index in [2.05, 4.69) is 9.97 Å². The van der Waals surface area contributed by atoms with Crippen molar-refractivity contribution < 1.29 is 19.2 Å². The van der Waals surface area contributed by atoms with Gasteiger partial charge < -0.3 is 4.74 Å². The number of amides is 1. The van der Waals surface area contributed by atoms with Crippen LogP contribution in [0.2, 0.25) is 5.02 Å². The molecule has 0 radical (unpaired) electrons. The van der Waals surface area contributed by atoms with E-state index >= 15 is 0 Å². The lowest BCUT2D eigenvalue weighted by Gasteiger charge is -2.31. The van der Waals surface area contributed by atoms with E-state index in [0.29, 0.717) is 16.9 Å². The normalized spacial score (nSPS) is 16.4. The molecule has 1 unspecified atom stereocenters. The first-order valence-corrected chi connectivity index (χ1v) is 8.78. The second-order valence-corrected chi connectivity index (χ2v) is 7.00. The lowest BCUT2D eigenvalue weighted by atomic mass is 9.96. The Hall–Kier alpha value is -3.07. The van der Waals surface area contributed by atoms with Gasteiger partial charge in [-0.05, 0) is 30.5 Å². The number of aryl methyl sites for hydroxylation is 1. The molecule has 28 heavy (non-hydrogen) atoms. The summed E-state index contributed by atoms with van der Waals surface area (Å²) in [7, 11) is 1.34. The van der Waals surface area contributed by atoms with Crippen LogP contribution in [0.5, 0.6) is 5.88 Å². The number of carbonyl (C=O) groups is 2. The van der Waals surface area contributed by atoms with Gasteiger partial charge in [0.15, 0.2) is 5.82 Å². The zero-order valence-electron chi connectivity index (χ0n) is 15.6. The van der Waals surface area contributed by atoms with Crippen LogP contribution in [-0.2, 0) is 4.79 Å². The molecule has 1 amide bonds. The first-order valence-electron chi connectivity index (χ1n) is 8.40. The molecule has 3 rings (SSSR count). The van der Waals surface area contributed by atoms with Gasteiger partial charge in [0.05, 0.1) is 24.1 Å². The van der Waals surface area contributed by atoms with Gasteiger partial charge in [0.25, 0.3) is 0 Å². The summed E-state index contributed by atoms with van der Waals surface area (Å²) in [5, 5.41) is 11.5. The fourth-order valence-electron chi connectivity index (χ4n) is 3.13. The largest absolute Gasteiger partial charge is 0.480 e. The number of fused-ring (bicyclic) bond motifs is 1. The van der Waals surface area contributed by atoms with Crippen molar-refractivity contribution in [1.29, 1.82) is 0 Å². The number of rotatable bonds is 4. The molecular formula is C18H17ClN4O5. The Labute approximate surface area is 165 Å². The molecule has 0 N–H and O–H groups in total. The third kappa shape index (κ3) is 2.97. The highest BCUT2D eigenvalue weighted by molar-refractivity contribution is 6.33. The Morgan fingerprint density at radius 1 is 1.36 bits per heavy atom. The number of methoxy groups -OCH3 is 1. The van der Waals surface area contributed by atoms with Crippen molar-refractivity contribution in [3.8, 4) is 5.88 Å². The molecule has 0 saturated heterocycles. The Bertz CT molecular complexity index is 1010. The molecule has 3 heterocycles. The number of pyridine rings is 2. The summed E-state index contributed by atoms with van der Waals surface area (Å²) in [4.78, 5) is 46.0. The maximum absolute atomic E-state index is 13.1. The Balaban J connectivity index is 2.39. The second-order valence-electron chi connectivity index (χ2n) is 6.59. The zero-order chi connectivity index (χ0) is 20.7. The summed E-state index contributed by atoms with van der Waals surface area (Å²) in [5.41, 5.74) is 1.45. The minimum Gasteiger partial charge on any atom is -0.480 e. The van der Waals surface area contributed by atoms with Gasteiger partial charge in [0, 0.05) is 11.1 Å². The maximum Gasteiger partial charge on any atom is 0.352 e. The van der Waals surface area contributed by atoms with Crippen molar-refractivity contribution in [3.05, 3.63) is 50.3 Å². The average molecular weight is 405 g/mol. The number of nitro groups is 1. The van der Waals surface area contributed by atoms with Crippen LogP contribution in [-0.4, -0.2) is 39.7 Å². The molecule has 1 atom stereocenters. The molecule has 0 fully saturated rings. The smallest absolute Gasteiger partial charge is 0.352 e. The number of nitrogens with zero attached hydrogens (tertiary/aromatic N) is 4. The van der Waals surface area contributed by atoms with Crippen molar-refractivity contribution >= 4 is 34.8 Å². The van der Waals surface area contributed by atoms with E-state index < -0.39 is 22.7 Å². The van der Waals surface area contributed by atoms with Gasteiger partial charge in [-0.15, -0.1) is 0 Å². The topological polar surface area (TPSA) is 116 Å². The van der Waals surface area contributed by atoms with Crippen LogP contribution < -0.4 is 9.64 Å². The third-order valence-electron chi connectivity index (χ3n) is 4.43. The molecule has 9 nitrogen and oxygen atoms in total. The standard InChI is InChI=1S/C18H17ClN4O5/c1-8(2)12-13(9(3)5-6-20-12)22-16-10(7-11(19)17(21-16)28-4)15(24)14(18(22)25)23(26)27/h5-8,14H,1-4H3. The first kappa shape index (κ1) is 19.7. The highest BCUT2D eigenvalue weighted by Gasteiger charge is 2.50. The fraction of sp³-hybridized carbons (Fsp3) is 0.333. The van der Waals surface area contributed by atoms with Crippen molar-refractivity contribution in [2.45, 2.75) is 32.7 Å². The Morgan fingerprint density at radius 2 is 2.04 bits per heavy atom. The summed E-state index contributed by atoms with van der Waals surface area (Å²) < 4.78 is 5.11. The number of hydrogen-bond donors (Lipinski definition) is 0. The molecule has 0 saturated carbocycles. The molecule has 10 heteroatoms. The quantitative estimate of drug-likeness (QED) is 0.436. The molecule has 1 aliphatic rings. The number of Topliss-reactive ketones (excluding diaryl/α,β-unsaturated/α-hetero) is 1. The number of ether oxygens (including phenoxy) is 1. The number of aromatic nitrogens is 2. The number of halogens is 1. The van der Waals surface area contributed by atoms with E-state index in [0.717, 1.165) is 4.90 Å². The van der Waals surface area contributed by atoms with Gasteiger partial charge in [-0.25, -0.2) is 0 Å². The van der Waals surface area contributed by atoms with Crippen LogP contribution in [0.25, 0.3) is 0 Å². The van der Waals surface area contributed by atoms with Gasteiger partial charge >= 0.3 is 11.9 Å². The summed E-state index contributed by atoms with van der Waals surface area (Å²) in [6, 6.07) is 0.832. The first-order chi connectivity index (χ1) is 13.2. The zero-order valence-corrected chi connectivity index (χ0v) is 16.4. The summed E-state index contributed by atoms with van der Waals surface area (Å²) >= 11 is 6.07. The van der Waals surface area contributed by atoms with Crippen LogP contribution in [0.1, 0.15) is 41.4 Å². The minimum atomic E-state index is -2.08. The second kappa shape index (κ2) is 7.16. The van der Waals surface area contributed by atoms with Crippen LogP contribution in [0.4, 0.5) is 11.5 Å². The van der Waals surface area contributed by atoms with E-state index in [4.69, 9.17) is 16.3 Å². The minimum absolute atomic E-state index is 0.00166. The molecule has 146 valence electrons. The van der Waals surface area contributed by atoms with Gasteiger partial charge in [-0.1, -0.05) is 25.4 Å². The summed E-state index contributed by atoms with van der Waals surface area (Å²) in [5.74, 6) is -2.12. The molecule has 1 aliphatic heterocycles. The van der Waals surface area contributed by atoms with Crippen molar-refractivity contribution in [1.82, 2.24) is 9.97 Å². The molecule has 0 aromatic carbocycles. The SMILES string of the molecule is COc1nc2c(cc1Cl)C(=O)C([N+](=O)[O-])C(=O)N2c1c(C)ccnc1C(C)C. The van der Waals surface area contributed by atoms with Crippen LogP contribution in [0, 0.1) is 17.0 Å². The maximum atomic E-state index is 13.1. The molecule has 0 bridgehead atoms. The highest BCUT2D eigenvalue weighted by Crippen LogP contribution is 2.41. The molecule has 0 aliphatic carbocycles. The number of carbonyl (C=O) groups excluding carboxylic acids is 2. The monoisotopic (exact) mass is 404 g/mol. The molecule has 2 aromatic rings. The predicted molar refractivity (Wildman–Crippen MR) is 101 cm³/mol. The van der Waals surface area contributed by atoms with Crippen LogP contribution in [0.3, 0.4) is 0 Å². The number of anilines is 2. The lowest BCUT2D eigenvalue weighted by molar-refractivity contribution is -0.491. The number of ketones is 1. The van der Waals surface area contributed by atoms with E-state index in [-0.39, 0.29) is 28.2 Å². The molecular weight excluding hydrogens is 388 g/mol. The van der Waals surface area contributed by atoms with Crippen molar-refractivity contribution in [2.24, 2.45) is 0 Å². The fourth-order valence-corrected chi connectivity index (χ4v) is 3.36.